The first-order valence-corrected chi connectivity index (χ1v) is 7.57. The van der Waals surface area contributed by atoms with Crippen molar-refractivity contribution in [2.75, 3.05) is 13.1 Å². The topological polar surface area (TPSA) is 78.5 Å². The maximum Gasteiger partial charge on any atom is 0.251 e. The summed E-state index contributed by atoms with van der Waals surface area (Å²) < 4.78 is 0. The smallest absolute Gasteiger partial charge is 0.251 e. The molecule has 0 spiro atoms. The van der Waals surface area contributed by atoms with Crippen LogP contribution in [0.4, 0.5) is 0 Å². The molecule has 23 heavy (non-hydrogen) atoms. The first kappa shape index (κ1) is 17.4. The van der Waals surface area contributed by atoms with E-state index in [1.165, 1.54) is 4.90 Å². The number of nitrogens with one attached hydrogen (secondary N) is 2. The predicted molar refractivity (Wildman–Crippen MR) is 87.2 cm³/mol. The van der Waals surface area contributed by atoms with Gasteiger partial charge in [0.1, 0.15) is 0 Å². The number of rotatable bonds is 4. The van der Waals surface area contributed by atoms with Crippen molar-refractivity contribution in [2.24, 2.45) is 0 Å². The van der Waals surface area contributed by atoms with Gasteiger partial charge < -0.3 is 10.6 Å². The fraction of sp³-hybridized carbons (Fsp3) is 0.438. The van der Waals surface area contributed by atoms with Crippen LogP contribution in [0.15, 0.2) is 24.3 Å². The number of imide groups is 1. The van der Waals surface area contributed by atoms with Gasteiger partial charge in [-0.2, -0.15) is 0 Å². The highest BCUT2D eigenvalue weighted by Gasteiger charge is 2.28. The van der Waals surface area contributed by atoms with Gasteiger partial charge in [-0.1, -0.05) is 12.1 Å². The number of hydrogen-bond acceptors (Lipinski definition) is 4. The number of nitrogens with zero attached hydrogens (tertiary/aromatic N) is 1. The molecule has 2 N–H and O–H groups in total. The third kappa shape index (κ3) is 4.09. The van der Waals surface area contributed by atoms with E-state index >= 15 is 0 Å². The van der Waals surface area contributed by atoms with Crippen LogP contribution in [0.2, 0.25) is 0 Å². The molecule has 0 aliphatic carbocycles. The van der Waals surface area contributed by atoms with E-state index in [0.29, 0.717) is 18.4 Å². The monoisotopic (exact) mass is 337 g/mol. The molecule has 3 rings (SSSR count). The van der Waals surface area contributed by atoms with E-state index in [9.17, 15) is 14.4 Å². The minimum absolute atomic E-state index is 0. The standard InChI is InChI=1S/C16H19N3O3.ClH/c20-14-5-6-15(21)19(14)10-11-1-3-12(4-2-11)16(22)18-13-7-8-17-9-13;/h1-4,13,17H,5-10H2,(H,18,22);1H. The van der Waals surface area contributed by atoms with Gasteiger partial charge >= 0.3 is 0 Å². The molecule has 1 atom stereocenters. The molecule has 1 aromatic rings. The Kier molecular flexibility index (Phi) is 5.74. The zero-order valence-electron chi connectivity index (χ0n) is 12.7. The molecule has 7 heteroatoms. The Labute approximate surface area is 141 Å². The van der Waals surface area contributed by atoms with Gasteiger partial charge in [-0.25, -0.2) is 0 Å². The van der Waals surface area contributed by atoms with Crippen LogP contribution in [-0.4, -0.2) is 41.8 Å². The molecule has 0 radical (unpaired) electrons. The average Bonchev–Trinajstić information content (AvgIpc) is 3.13. The van der Waals surface area contributed by atoms with E-state index in [1.54, 1.807) is 24.3 Å². The lowest BCUT2D eigenvalue weighted by atomic mass is 10.1. The van der Waals surface area contributed by atoms with E-state index < -0.39 is 0 Å². The highest BCUT2D eigenvalue weighted by Crippen LogP contribution is 2.16. The maximum atomic E-state index is 12.1. The second kappa shape index (κ2) is 7.57. The van der Waals surface area contributed by atoms with Crippen LogP contribution in [0, 0.1) is 0 Å². The van der Waals surface area contributed by atoms with Crippen molar-refractivity contribution in [1.29, 1.82) is 0 Å². The first-order chi connectivity index (χ1) is 10.6. The summed E-state index contributed by atoms with van der Waals surface area (Å²) in [6.45, 7) is 2.02. The summed E-state index contributed by atoms with van der Waals surface area (Å²) in [6.07, 6.45) is 1.55. The summed E-state index contributed by atoms with van der Waals surface area (Å²) >= 11 is 0. The third-order valence-electron chi connectivity index (χ3n) is 4.11. The number of carbonyl (C=O) groups excluding carboxylic acids is 3. The second-order valence-electron chi connectivity index (χ2n) is 5.73. The van der Waals surface area contributed by atoms with Crippen molar-refractivity contribution in [2.45, 2.75) is 31.8 Å². The summed E-state index contributed by atoms with van der Waals surface area (Å²) in [6, 6.07) is 7.24. The lowest BCUT2D eigenvalue weighted by Crippen LogP contribution is -2.36. The number of amides is 3. The van der Waals surface area contributed by atoms with E-state index in [2.05, 4.69) is 10.6 Å². The van der Waals surface area contributed by atoms with Gasteiger partial charge in [-0.15, -0.1) is 12.4 Å². The third-order valence-corrected chi connectivity index (χ3v) is 4.11. The molecule has 1 aromatic carbocycles. The zero-order chi connectivity index (χ0) is 15.5. The number of likely N-dealkylation sites (tertiary alicyclic amines) is 1. The molecule has 6 nitrogen and oxygen atoms in total. The molecule has 0 saturated carbocycles. The second-order valence-corrected chi connectivity index (χ2v) is 5.73. The van der Waals surface area contributed by atoms with Gasteiger partial charge in [0.15, 0.2) is 0 Å². The summed E-state index contributed by atoms with van der Waals surface area (Å²) in [5.41, 5.74) is 1.44. The molecule has 2 fully saturated rings. The molecule has 3 amide bonds. The number of benzene rings is 1. The van der Waals surface area contributed by atoms with E-state index in [0.717, 1.165) is 25.1 Å². The van der Waals surface area contributed by atoms with Gasteiger partial charge in [0.05, 0.1) is 6.54 Å². The average molecular weight is 338 g/mol. The Bertz CT molecular complexity index is 581. The fourth-order valence-electron chi connectivity index (χ4n) is 2.79. The highest BCUT2D eigenvalue weighted by molar-refractivity contribution is 6.01. The molecular weight excluding hydrogens is 318 g/mol. The number of carbonyl (C=O) groups is 3. The van der Waals surface area contributed by atoms with E-state index in [-0.39, 0.29) is 42.7 Å². The van der Waals surface area contributed by atoms with Gasteiger partial charge in [-0.05, 0) is 30.7 Å². The van der Waals surface area contributed by atoms with E-state index in [4.69, 9.17) is 0 Å². The largest absolute Gasteiger partial charge is 0.348 e. The SMILES string of the molecule is Cl.O=C(NC1CCNC1)c1ccc(CN2C(=O)CCC2=O)cc1. The fourth-order valence-corrected chi connectivity index (χ4v) is 2.79. The molecule has 0 aromatic heterocycles. The van der Waals surface area contributed by atoms with Crippen molar-refractivity contribution in [3.05, 3.63) is 35.4 Å². The lowest BCUT2D eigenvalue weighted by molar-refractivity contribution is -0.139. The number of halogens is 1. The lowest BCUT2D eigenvalue weighted by Gasteiger charge is -2.14. The van der Waals surface area contributed by atoms with Gasteiger partial charge in [0, 0.05) is 31.0 Å². The van der Waals surface area contributed by atoms with Gasteiger partial charge in [0.25, 0.3) is 5.91 Å². The molecule has 124 valence electrons. The normalized spacial score (nSPS) is 20.5. The molecular formula is C16H20ClN3O3. The minimum atomic E-state index is -0.124. The summed E-state index contributed by atoms with van der Waals surface area (Å²) in [4.78, 5) is 36.6. The Morgan fingerprint density at radius 2 is 1.83 bits per heavy atom. The molecule has 2 aliphatic heterocycles. The molecule has 2 saturated heterocycles. The summed E-state index contributed by atoms with van der Waals surface area (Å²) in [5, 5.41) is 6.18. The maximum absolute atomic E-state index is 12.1. The van der Waals surface area contributed by atoms with Gasteiger partial charge in [-0.3, -0.25) is 19.3 Å². The molecule has 0 bridgehead atoms. The summed E-state index contributed by atoms with van der Waals surface area (Å²) in [7, 11) is 0. The van der Waals surface area contributed by atoms with Crippen molar-refractivity contribution < 1.29 is 14.4 Å². The molecule has 1 unspecified atom stereocenters. The van der Waals surface area contributed by atoms with Crippen molar-refractivity contribution in [1.82, 2.24) is 15.5 Å². The van der Waals surface area contributed by atoms with Crippen LogP contribution < -0.4 is 10.6 Å². The number of hydrogen-bond donors (Lipinski definition) is 2. The van der Waals surface area contributed by atoms with Crippen molar-refractivity contribution in [3.63, 3.8) is 0 Å². The van der Waals surface area contributed by atoms with Crippen molar-refractivity contribution in [3.8, 4) is 0 Å². The Morgan fingerprint density at radius 1 is 1.17 bits per heavy atom. The molecule has 2 heterocycles. The first-order valence-electron chi connectivity index (χ1n) is 7.57. The minimum Gasteiger partial charge on any atom is -0.348 e. The van der Waals surface area contributed by atoms with Crippen LogP contribution in [0.1, 0.15) is 35.2 Å². The van der Waals surface area contributed by atoms with Crippen LogP contribution in [0.3, 0.4) is 0 Å². The quantitative estimate of drug-likeness (QED) is 0.798. The summed E-state index contributed by atoms with van der Waals surface area (Å²) in [5.74, 6) is -0.338. The van der Waals surface area contributed by atoms with E-state index in [1.807, 2.05) is 0 Å². The van der Waals surface area contributed by atoms with Crippen molar-refractivity contribution >= 4 is 30.1 Å². The zero-order valence-corrected chi connectivity index (χ0v) is 13.5. The van der Waals surface area contributed by atoms with Crippen LogP contribution in [-0.2, 0) is 16.1 Å². The predicted octanol–water partition coefficient (Wildman–Crippen LogP) is 0.849. The van der Waals surface area contributed by atoms with Crippen LogP contribution >= 0.6 is 12.4 Å². The Balaban J connectivity index is 0.00000192. The van der Waals surface area contributed by atoms with Gasteiger partial charge in [0.2, 0.25) is 11.8 Å². The highest BCUT2D eigenvalue weighted by atomic mass is 35.5. The van der Waals surface area contributed by atoms with Crippen LogP contribution in [0.25, 0.3) is 0 Å². The molecule has 2 aliphatic rings. The Hall–Kier alpha value is -1.92. The van der Waals surface area contributed by atoms with Crippen LogP contribution in [0.5, 0.6) is 0 Å². The Morgan fingerprint density at radius 3 is 2.39 bits per heavy atom.